The average molecular weight is 354 g/mol. The molecule has 26 heavy (non-hydrogen) atoms. The number of nitrogens with zero attached hydrogens (tertiary/aromatic N) is 3. The zero-order chi connectivity index (χ0) is 18.7. The number of nitrogens with one attached hydrogen (secondary N) is 1. The van der Waals surface area contributed by atoms with E-state index in [1.54, 1.807) is 0 Å². The van der Waals surface area contributed by atoms with Crippen molar-refractivity contribution >= 4 is 11.5 Å². The van der Waals surface area contributed by atoms with Crippen LogP contribution in [0.5, 0.6) is 0 Å². The highest BCUT2D eigenvalue weighted by Gasteiger charge is 2.29. The Hall–Kier alpha value is -2.11. The summed E-state index contributed by atoms with van der Waals surface area (Å²) in [7, 11) is 0. The molecule has 5 heteroatoms. The fraction of sp³-hybridized carbons (Fsp3) is 0.476. The number of aliphatic hydroxyl groups excluding tert-OH is 1. The Kier molecular flexibility index (Phi) is 5.79. The third kappa shape index (κ3) is 4.34. The van der Waals surface area contributed by atoms with Crippen molar-refractivity contribution < 1.29 is 5.11 Å². The summed E-state index contributed by atoms with van der Waals surface area (Å²) in [5.74, 6) is 1.53. The second-order valence-corrected chi connectivity index (χ2v) is 7.46. The number of aryl methyl sites for hydroxylation is 1. The highest BCUT2D eigenvalue weighted by molar-refractivity contribution is 5.45. The Morgan fingerprint density at radius 2 is 1.85 bits per heavy atom. The lowest BCUT2D eigenvalue weighted by atomic mass is 10.0. The predicted molar refractivity (Wildman–Crippen MR) is 108 cm³/mol. The predicted octanol–water partition coefficient (Wildman–Crippen LogP) is 3.41. The zero-order valence-corrected chi connectivity index (χ0v) is 16.2. The van der Waals surface area contributed by atoms with Crippen LogP contribution in [-0.2, 0) is 0 Å². The monoisotopic (exact) mass is 354 g/mol. The molecule has 2 heterocycles. The average Bonchev–Trinajstić information content (AvgIpc) is 2.62. The largest absolute Gasteiger partial charge is 0.361 e. The van der Waals surface area contributed by atoms with Crippen molar-refractivity contribution in [2.24, 2.45) is 0 Å². The van der Waals surface area contributed by atoms with E-state index < -0.39 is 6.35 Å². The Balaban J connectivity index is 1.60. The lowest BCUT2D eigenvalue weighted by Gasteiger charge is -2.42. The molecule has 3 rings (SSSR count). The molecule has 2 aromatic rings. The zero-order valence-electron chi connectivity index (χ0n) is 16.2. The summed E-state index contributed by atoms with van der Waals surface area (Å²) >= 11 is 0. The van der Waals surface area contributed by atoms with E-state index in [2.05, 4.69) is 59.1 Å². The van der Waals surface area contributed by atoms with Crippen LogP contribution in [0.4, 0.5) is 11.5 Å². The van der Waals surface area contributed by atoms with E-state index in [0.29, 0.717) is 5.92 Å². The molecule has 5 nitrogen and oxygen atoms in total. The maximum Gasteiger partial charge on any atom is 0.184 e. The lowest BCUT2D eigenvalue weighted by molar-refractivity contribution is -0.00539. The van der Waals surface area contributed by atoms with E-state index >= 15 is 0 Å². The minimum absolute atomic E-state index is 0.225. The highest BCUT2D eigenvalue weighted by Crippen LogP contribution is 2.21. The molecule has 0 bridgehead atoms. The van der Waals surface area contributed by atoms with Gasteiger partial charge in [0.25, 0.3) is 0 Å². The number of benzene rings is 1. The van der Waals surface area contributed by atoms with Crippen molar-refractivity contribution in [3.05, 3.63) is 53.7 Å². The minimum Gasteiger partial charge on any atom is -0.361 e. The molecular weight excluding hydrogens is 324 g/mol. The molecule has 0 spiro atoms. The SMILES string of the molecule is Cc1cccc(N2CCN(C(O)Nc3ccc(C(C)C)cc3)[C@H](C)C2)n1. The molecule has 0 amide bonds. The van der Waals surface area contributed by atoms with E-state index in [-0.39, 0.29) is 6.04 Å². The minimum atomic E-state index is -0.692. The van der Waals surface area contributed by atoms with Gasteiger partial charge >= 0.3 is 0 Å². The molecule has 1 saturated heterocycles. The molecule has 0 radical (unpaired) electrons. The summed E-state index contributed by atoms with van der Waals surface area (Å²) in [6.45, 7) is 11.0. The molecule has 2 N–H and O–H groups in total. The van der Waals surface area contributed by atoms with E-state index in [9.17, 15) is 5.11 Å². The van der Waals surface area contributed by atoms with Gasteiger partial charge in [-0.15, -0.1) is 0 Å². The molecular formula is C21H30N4O. The summed E-state index contributed by atoms with van der Waals surface area (Å²) in [6, 6.07) is 14.7. The maximum atomic E-state index is 10.7. The number of pyridine rings is 1. The number of aromatic nitrogens is 1. The Morgan fingerprint density at radius 3 is 2.46 bits per heavy atom. The first-order valence-electron chi connectivity index (χ1n) is 9.43. The van der Waals surface area contributed by atoms with Crippen LogP contribution in [0.3, 0.4) is 0 Å². The van der Waals surface area contributed by atoms with Gasteiger partial charge < -0.3 is 15.3 Å². The van der Waals surface area contributed by atoms with Gasteiger partial charge in [0.2, 0.25) is 0 Å². The summed E-state index contributed by atoms with van der Waals surface area (Å²) in [6.07, 6.45) is -0.692. The first-order chi connectivity index (χ1) is 12.4. The third-order valence-corrected chi connectivity index (χ3v) is 5.06. The molecule has 1 fully saturated rings. The van der Waals surface area contributed by atoms with Gasteiger partial charge in [0.05, 0.1) is 0 Å². The van der Waals surface area contributed by atoms with Crippen LogP contribution in [0, 0.1) is 6.92 Å². The Morgan fingerprint density at radius 1 is 1.12 bits per heavy atom. The van der Waals surface area contributed by atoms with Crippen LogP contribution in [0.1, 0.15) is 37.9 Å². The quantitative estimate of drug-likeness (QED) is 0.806. The fourth-order valence-corrected chi connectivity index (χ4v) is 3.44. The molecule has 1 aliphatic heterocycles. The van der Waals surface area contributed by atoms with Gasteiger partial charge in [0.1, 0.15) is 5.82 Å². The van der Waals surface area contributed by atoms with Crippen LogP contribution >= 0.6 is 0 Å². The topological polar surface area (TPSA) is 51.6 Å². The normalized spacial score (nSPS) is 19.6. The molecule has 140 valence electrons. The van der Waals surface area contributed by atoms with Crippen molar-refractivity contribution in [3.8, 4) is 0 Å². The standard InChI is InChI=1S/C21H30N4O/c1-15(2)18-8-10-19(11-9-18)23-21(26)25-13-12-24(14-17(25)4)20-7-5-6-16(3)22-20/h5-11,15,17,21,23,26H,12-14H2,1-4H3/t17-,21?/m1/s1. The Bertz CT molecular complexity index is 716. The van der Waals surface area contributed by atoms with Gasteiger partial charge in [-0.2, -0.15) is 0 Å². The lowest BCUT2D eigenvalue weighted by Crippen LogP contribution is -2.57. The highest BCUT2D eigenvalue weighted by atomic mass is 16.3. The number of hydrogen-bond acceptors (Lipinski definition) is 5. The maximum absolute atomic E-state index is 10.7. The van der Waals surface area contributed by atoms with Gasteiger partial charge in [-0.05, 0) is 49.6 Å². The molecule has 1 aliphatic rings. The molecule has 1 unspecified atom stereocenters. The Labute approximate surface area is 156 Å². The third-order valence-electron chi connectivity index (χ3n) is 5.06. The summed E-state index contributed by atoms with van der Waals surface area (Å²) in [5.41, 5.74) is 3.28. The first-order valence-corrected chi connectivity index (χ1v) is 9.43. The smallest absolute Gasteiger partial charge is 0.184 e. The first kappa shape index (κ1) is 18.7. The van der Waals surface area contributed by atoms with E-state index in [1.165, 1.54) is 5.56 Å². The summed E-state index contributed by atoms with van der Waals surface area (Å²) in [4.78, 5) is 9.01. The van der Waals surface area contributed by atoms with Crippen molar-refractivity contribution in [2.75, 3.05) is 29.9 Å². The van der Waals surface area contributed by atoms with Crippen molar-refractivity contribution in [2.45, 2.75) is 46.0 Å². The van der Waals surface area contributed by atoms with E-state index in [4.69, 9.17) is 0 Å². The van der Waals surface area contributed by atoms with Crippen molar-refractivity contribution in [1.29, 1.82) is 0 Å². The number of hydrogen-bond donors (Lipinski definition) is 2. The molecule has 1 aromatic heterocycles. The number of piperazine rings is 1. The van der Waals surface area contributed by atoms with Gasteiger partial charge in [0.15, 0.2) is 6.35 Å². The van der Waals surface area contributed by atoms with Crippen molar-refractivity contribution in [1.82, 2.24) is 9.88 Å². The number of anilines is 2. The summed E-state index contributed by atoms with van der Waals surface area (Å²) in [5, 5.41) is 13.9. The molecule has 0 saturated carbocycles. The van der Waals surface area contributed by atoms with Gasteiger partial charge in [-0.3, -0.25) is 4.90 Å². The van der Waals surface area contributed by atoms with Gasteiger partial charge in [-0.1, -0.05) is 32.0 Å². The fourth-order valence-electron chi connectivity index (χ4n) is 3.44. The number of aliphatic hydroxyl groups is 1. The van der Waals surface area contributed by atoms with Gasteiger partial charge in [-0.25, -0.2) is 4.98 Å². The molecule has 0 aliphatic carbocycles. The van der Waals surface area contributed by atoms with Crippen LogP contribution in [-0.4, -0.2) is 47.0 Å². The van der Waals surface area contributed by atoms with Crippen molar-refractivity contribution in [3.63, 3.8) is 0 Å². The second-order valence-electron chi connectivity index (χ2n) is 7.46. The van der Waals surface area contributed by atoms with Crippen LogP contribution < -0.4 is 10.2 Å². The van der Waals surface area contributed by atoms with Crippen LogP contribution in [0.2, 0.25) is 0 Å². The second kappa shape index (κ2) is 8.06. The molecule has 2 atom stereocenters. The number of rotatable bonds is 5. The van der Waals surface area contributed by atoms with E-state index in [1.807, 2.05) is 31.2 Å². The van der Waals surface area contributed by atoms with Crippen LogP contribution in [0.15, 0.2) is 42.5 Å². The summed E-state index contributed by atoms with van der Waals surface area (Å²) < 4.78 is 0. The van der Waals surface area contributed by atoms with Crippen LogP contribution in [0.25, 0.3) is 0 Å². The molecule has 1 aromatic carbocycles. The van der Waals surface area contributed by atoms with Gasteiger partial charge in [0, 0.05) is 37.1 Å². The van der Waals surface area contributed by atoms with E-state index in [0.717, 1.165) is 36.8 Å².